The van der Waals surface area contributed by atoms with E-state index in [1.807, 2.05) is 30.3 Å². The van der Waals surface area contributed by atoms with Crippen LogP contribution in [0.1, 0.15) is 0 Å². The molecule has 20 heavy (non-hydrogen) atoms. The summed E-state index contributed by atoms with van der Waals surface area (Å²) in [6, 6.07) is 15.9. The molecule has 0 bridgehead atoms. The fraction of sp³-hybridized carbons (Fsp3) is 0. The Balaban J connectivity index is 2.73. The second-order valence-corrected chi connectivity index (χ2v) is 5.71. The first-order chi connectivity index (χ1) is 9.71. The fourth-order valence-corrected chi connectivity index (χ4v) is 3.06. The number of benzene rings is 2. The van der Waals surface area contributed by atoms with Gasteiger partial charge in [0.1, 0.15) is 0 Å². The summed E-state index contributed by atoms with van der Waals surface area (Å²) >= 11 is 0. The quantitative estimate of drug-likeness (QED) is 0.341. The number of hydrogen-bond donors (Lipinski definition) is 0. The van der Waals surface area contributed by atoms with E-state index in [0.29, 0.717) is 5.56 Å². The molecule has 0 atom stereocenters. The van der Waals surface area contributed by atoms with E-state index >= 15 is 0 Å². The number of hydrogen-bond acceptors (Lipinski definition) is 1. The van der Waals surface area contributed by atoms with Gasteiger partial charge in [-0.3, -0.25) is 0 Å². The highest BCUT2D eigenvalue weighted by atomic mass is 31.2. The zero-order chi connectivity index (χ0) is 14.4. The lowest BCUT2D eigenvalue weighted by Crippen LogP contribution is -2.05. The van der Waals surface area contributed by atoms with Crippen molar-refractivity contribution in [2.45, 2.75) is 0 Å². The van der Waals surface area contributed by atoms with E-state index in [1.165, 1.54) is 6.07 Å². The lowest BCUT2D eigenvalue weighted by molar-refractivity contribution is 0.582. The van der Waals surface area contributed by atoms with Gasteiger partial charge < -0.3 is 4.57 Å². The summed E-state index contributed by atoms with van der Waals surface area (Å²) in [5, 5.41) is 0.224. The smallest absolute Gasteiger partial charge is 0.286 e. The van der Waals surface area contributed by atoms with E-state index in [4.69, 9.17) is 11.1 Å². The van der Waals surface area contributed by atoms with E-state index < -0.39 is 7.44 Å². The molecule has 0 radical (unpaired) electrons. The van der Waals surface area contributed by atoms with Gasteiger partial charge >= 0.3 is 0 Å². The van der Waals surface area contributed by atoms with Gasteiger partial charge in [-0.1, -0.05) is 54.6 Å². The maximum Gasteiger partial charge on any atom is 0.286 e. The van der Waals surface area contributed by atoms with Crippen molar-refractivity contribution in [2.75, 3.05) is 0 Å². The van der Waals surface area contributed by atoms with E-state index in [1.54, 1.807) is 18.2 Å². The van der Waals surface area contributed by atoms with Crippen LogP contribution in [-0.4, -0.2) is 0 Å². The molecule has 2 rings (SSSR count). The first kappa shape index (κ1) is 13.7. The average Bonchev–Trinajstić information content (AvgIpc) is 2.49. The summed E-state index contributed by atoms with van der Waals surface area (Å²) in [6.45, 7) is 0. The molecule has 0 aliphatic heterocycles. The summed E-state index contributed by atoms with van der Waals surface area (Å²) < 4.78 is 12.6. The molecule has 0 aromatic heterocycles. The highest BCUT2D eigenvalue weighted by Crippen LogP contribution is 2.50. The van der Waals surface area contributed by atoms with Crippen LogP contribution >= 0.6 is 7.44 Å². The standard InChI is InChI=1S/C12H9N6OP/c13-15-17-20(19,18-16-14)12-9-5-4-8-11(12)10-6-2-1-3-7-10/h1-9H. The molecule has 0 unspecified atom stereocenters. The monoisotopic (exact) mass is 284 g/mol. The predicted octanol–water partition coefficient (Wildman–Crippen LogP) is 4.79. The third kappa shape index (κ3) is 2.66. The molecule has 2 aromatic rings. The molecule has 0 N–H and O–H groups in total. The topological polar surface area (TPSA) is 115 Å². The van der Waals surface area contributed by atoms with Crippen molar-refractivity contribution in [3.8, 4) is 11.1 Å². The maximum absolute atomic E-state index is 12.6. The Bertz CT molecular complexity index is 741. The van der Waals surface area contributed by atoms with Crippen LogP contribution < -0.4 is 5.30 Å². The van der Waals surface area contributed by atoms with Crippen LogP contribution in [0.3, 0.4) is 0 Å². The Morgan fingerprint density at radius 2 is 1.40 bits per heavy atom. The molecule has 7 nitrogen and oxygen atoms in total. The Labute approximate surface area is 114 Å². The first-order valence-electron chi connectivity index (χ1n) is 5.59. The second kappa shape index (κ2) is 5.95. The van der Waals surface area contributed by atoms with Crippen LogP contribution in [0.25, 0.3) is 32.0 Å². The van der Waals surface area contributed by atoms with Crippen LogP contribution in [0.15, 0.2) is 64.4 Å². The molecule has 0 heterocycles. The average molecular weight is 284 g/mol. The van der Waals surface area contributed by atoms with Gasteiger partial charge in [0.05, 0.1) is 0 Å². The molecule has 0 fully saturated rings. The van der Waals surface area contributed by atoms with Crippen LogP contribution in [0, 0.1) is 0 Å². The summed E-state index contributed by atoms with van der Waals surface area (Å²) in [5.74, 6) is 0. The molecule has 98 valence electrons. The SMILES string of the molecule is [N-]=[N+]=NP(=O)(N=[N+]=[N-])c1ccccc1-c1ccccc1. The molecular weight excluding hydrogens is 275 g/mol. The number of azide groups is 1. The largest absolute Gasteiger partial charge is 0.305 e. The maximum atomic E-state index is 12.6. The lowest BCUT2D eigenvalue weighted by atomic mass is 10.1. The molecule has 0 aliphatic rings. The Morgan fingerprint density at radius 3 is 2.00 bits per heavy atom. The highest BCUT2D eigenvalue weighted by molar-refractivity contribution is 7.69. The van der Waals surface area contributed by atoms with Crippen molar-refractivity contribution in [3.05, 3.63) is 75.5 Å². The molecule has 0 amide bonds. The zero-order valence-corrected chi connectivity index (χ0v) is 11.1. The molecule has 0 spiro atoms. The van der Waals surface area contributed by atoms with Crippen LogP contribution in [0.5, 0.6) is 0 Å². The van der Waals surface area contributed by atoms with E-state index in [-0.39, 0.29) is 5.30 Å². The summed E-state index contributed by atoms with van der Waals surface area (Å²) in [7, 11) is -3.86. The van der Waals surface area contributed by atoms with Gasteiger partial charge in [0.2, 0.25) is 0 Å². The van der Waals surface area contributed by atoms with Crippen LogP contribution in [0.2, 0.25) is 0 Å². The fourth-order valence-electron chi connectivity index (χ4n) is 1.81. The number of nitrogens with zero attached hydrogens (tertiary/aromatic N) is 6. The molecule has 8 heteroatoms. The normalized spacial score (nSPS) is 12.6. The van der Waals surface area contributed by atoms with E-state index in [9.17, 15) is 4.57 Å². The Kier molecular flexibility index (Phi) is 4.08. The predicted molar refractivity (Wildman–Crippen MR) is 77.4 cm³/mol. The third-order valence-electron chi connectivity index (χ3n) is 2.63. The van der Waals surface area contributed by atoms with E-state index in [0.717, 1.165) is 5.56 Å². The minimum absolute atomic E-state index is 0.224. The van der Waals surface area contributed by atoms with Gasteiger partial charge in [-0.15, -0.1) is 0 Å². The van der Waals surface area contributed by atoms with Crippen molar-refractivity contribution in [1.82, 2.24) is 0 Å². The van der Waals surface area contributed by atoms with Crippen molar-refractivity contribution in [2.24, 2.45) is 9.77 Å². The van der Waals surface area contributed by atoms with Crippen LogP contribution in [0.4, 0.5) is 0 Å². The van der Waals surface area contributed by atoms with Crippen molar-refractivity contribution in [1.29, 1.82) is 0 Å². The van der Waals surface area contributed by atoms with Gasteiger partial charge in [-0.25, -0.2) is 0 Å². The summed E-state index contributed by atoms with van der Waals surface area (Å²) in [4.78, 5) is 11.5. The van der Waals surface area contributed by atoms with Gasteiger partial charge in [0, 0.05) is 15.1 Å². The van der Waals surface area contributed by atoms with Gasteiger partial charge in [0.25, 0.3) is 7.44 Å². The number of rotatable bonds is 4. The molecule has 0 saturated carbocycles. The first-order valence-corrected chi connectivity index (χ1v) is 7.21. The molecule has 2 aromatic carbocycles. The zero-order valence-electron chi connectivity index (χ0n) is 10.2. The van der Waals surface area contributed by atoms with Gasteiger partial charge in [-0.2, -0.15) is 0 Å². The van der Waals surface area contributed by atoms with Crippen molar-refractivity contribution >= 4 is 12.7 Å². The Hall–Kier alpha value is -2.71. The van der Waals surface area contributed by atoms with Crippen molar-refractivity contribution in [3.63, 3.8) is 0 Å². The van der Waals surface area contributed by atoms with Crippen LogP contribution in [-0.2, 0) is 4.57 Å². The minimum Gasteiger partial charge on any atom is -0.305 e. The highest BCUT2D eigenvalue weighted by Gasteiger charge is 2.25. The third-order valence-corrected chi connectivity index (χ3v) is 4.29. The molecule has 0 saturated heterocycles. The van der Waals surface area contributed by atoms with Crippen molar-refractivity contribution < 1.29 is 4.57 Å². The Morgan fingerprint density at radius 1 is 0.850 bits per heavy atom. The van der Waals surface area contributed by atoms with E-state index in [2.05, 4.69) is 19.6 Å². The van der Waals surface area contributed by atoms with Gasteiger partial charge in [0.15, 0.2) is 0 Å². The molecule has 0 aliphatic carbocycles. The summed E-state index contributed by atoms with van der Waals surface area (Å²) in [6.07, 6.45) is 0. The van der Waals surface area contributed by atoms with Gasteiger partial charge in [-0.05, 0) is 32.0 Å². The minimum atomic E-state index is -3.86. The second-order valence-electron chi connectivity index (χ2n) is 3.78. The molecular formula is C12H9N6OP. The summed E-state index contributed by atoms with van der Waals surface area (Å²) in [5.41, 5.74) is 18.5. The lowest BCUT2D eigenvalue weighted by Gasteiger charge is -2.12.